The first-order valence-electron chi connectivity index (χ1n) is 7.27. The Morgan fingerprint density at radius 3 is 2.57 bits per heavy atom. The van der Waals surface area contributed by atoms with Gasteiger partial charge in [-0.05, 0) is 25.5 Å². The summed E-state index contributed by atoms with van der Waals surface area (Å²) in [5, 5.41) is 0. The highest BCUT2D eigenvalue weighted by molar-refractivity contribution is 8.00. The Morgan fingerprint density at radius 2 is 1.81 bits per heavy atom. The van der Waals surface area contributed by atoms with Gasteiger partial charge in [0.05, 0.1) is 0 Å². The van der Waals surface area contributed by atoms with Gasteiger partial charge < -0.3 is 4.90 Å². The van der Waals surface area contributed by atoms with E-state index in [0.29, 0.717) is 0 Å². The van der Waals surface area contributed by atoms with Crippen molar-refractivity contribution in [1.29, 1.82) is 0 Å². The van der Waals surface area contributed by atoms with Gasteiger partial charge in [-0.25, -0.2) is 0 Å². The van der Waals surface area contributed by atoms with Crippen LogP contribution in [0.1, 0.15) is 32.6 Å². The van der Waals surface area contributed by atoms with Crippen molar-refractivity contribution in [3.63, 3.8) is 0 Å². The van der Waals surface area contributed by atoms with E-state index in [-0.39, 0.29) is 10.8 Å². The van der Waals surface area contributed by atoms with Crippen molar-refractivity contribution in [2.75, 3.05) is 12.3 Å². The van der Waals surface area contributed by atoms with Crippen molar-refractivity contribution < 1.29 is 4.79 Å². The van der Waals surface area contributed by atoms with E-state index in [9.17, 15) is 4.79 Å². The minimum Gasteiger partial charge on any atom is -0.315 e. The van der Waals surface area contributed by atoms with Crippen molar-refractivity contribution in [2.45, 2.75) is 18.7 Å². The number of aryl methyl sites for hydroxylation is 2. The number of amides is 1. The first kappa shape index (κ1) is 13.0. The fourth-order valence-corrected chi connectivity index (χ4v) is 5.18. The Balaban J connectivity index is 2.02. The fraction of sp³-hybridized carbons (Fsp3) is 0.278. The van der Waals surface area contributed by atoms with Gasteiger partial charge in [-0.3, -0.25) is 4.79 Å². The lowest BCUT2D eigenvalue weighted by molar-refractivity contribution is 0.0752. The molecule has 0 spiro atoms. The van der Waals surface area contributed by atoms with Crippen molar-refractivity contribution in [3.05, 3.63) is 70.3 Å². The molecule has 0 radical (unpaired) electrons. The van der Waals surface area contributed by atoms with Gasteiger partial charge in [-0.1, -0.05) is 47.5 Å². The maximum Gasteiger partial charge on any atom is 0.255 e. The third-order valence-electron chi connectivity index (χ3n) is 4.39. The average molecular weight is 295 g/mol. The van der Waals surface area contributed by atoms with Crippen LogP contribution in [0, 0.1) is 13.8 Å². The van der Waals surface area contributed by atoms with Crippen LogP contribution in [0.2, 0.25) is 0 Å². The van der Waals surface area contributed by atoms with Crippen LogP contribution in [0.4, 0.5) is 0 Å². The summed E-state index contributed by atoms with van der Waals surface area (Å²) in [7, 11) is 0. The number of rotatable bonds is 1. The van der Waals surface area contributed by atoms with Gasteiger partial charge in [0.2, 0.25) is 0 Å². The van der Waals surface area contributed by atoms with Crippen molar-refractivity contribution >= 4 is 17.7 Å². The second kappa shape index (κ2) is 4.38. The Kier molecular flexibility index (Phi) is 2.70. The topological polar surface area (TPSA) is 20.3 Å². The van der Waals surface area contributed by atoms with Crippen molar-refractivity contribution in [3.8, 4) is 0 Å². The van der Waals surface area contributed by atoms with Crippen LogP contribution in [-0.4, -0.2) is 23.1 Å². The molecule has 0 N–H and O–H groups in total. The van der Waals surface area contributed by atoms with Crippen LogP contribution in [0.15, 0.2) is 42.5 Å². The zero-order valence-corrected chi connectivity index (χ0v) is 13.0. The smallest absolute Gasteiger partial charge is 0.255 e. The van der Waals surface area contributed by atoms with Gasteiger partial charge in [0.15, 0.2) is 0 Å². The van der Waals surface area contributed by atoms with Gasteiger partial charge in [-0.15, -0.1) is 11.8 Å². The zero-order valence-electron chi connectivity index (χ0n) is 12.2. The molecule has 2 aliphatic rings. The lowest BCUT2D eigenvalue weighted by atomic mass is 9.94. The molecule has 2 nitrogen and oxygen atoms in total. The van der Waals surface area contributed by atoms with E-state index in [4.69, 9.17) is 0 Å². The Labute approximate surface area is 129 Å². The Morgan fingerprint density at radius 1 is 1.10 bits per heavy atom. The molecular weight excluding hydrogens is 278 g/mol. The summed E-state index contributed by atoms with van der Waals surface area (Å²) >= 11 is 1.88. The van der Waals surface area contributed by atoms with E-state index in [2.05, 4.69) is 43.0 Å². The molecule has 1 atom stereocenters. The van der Waals surface area contributed by atoms with E-state index >= 15 is 0 Å². The van der Waals surface area contributed by atoms with Gasteiger partial charge >= 0.3 is 0 Å². The van der Waals surface area contributed by atoms with Crippen LogP contribution in [0.5, 0.6) is 0 Å². The molecule has 0 bridgehead atoms. The van der Waals surface area contributed by atoms with E-state index < -0.39 is 0 Å². The van der Waals surface area contributed by atoms with E-state index in [0.717, 1.165) is 23.4 Å². The fourth-order valence-electron chi connectivity index (χ4n) is 3.66. The van der Waals surface area contributed by atoms with Gasteiger partial charge in [0, 0.05) is 23.4 Å². The summed E-state index contributed by atoms with van der Waals surface area (Å²) in [6.45, 7) is 5.07. The maximum absolute atomic E-state index is 12.7. The molecule has 0 saturated carbocycles. The molecule has 21 heavy (non-hydrogen) atoms. The third-order valence-corrected chi connectivity index (χ3v) is 5.87. The molecular formula is C18H17NOS. The monoisotopic (exact) mass is 295 g/mol. The van der Waals surface area contributed by atoms with Crippen LogP contribution in [0.25, 0.3) is 0 Å². The summed E-state index contributed by atoms with van der Waals surface area (Å²) in [5.74, 6) is 1.17. The highest BCUT2D eigenvalue weighted by atomic mass is 32.2. The van der Waals surface area contributed by atoms with Crippen LogP contribution >= 0.6 is 11.8 Å². The van der Waals surface area contributed by atoms with Gasteiger partial charge in [0.1, 0.15) is 4.87 Å². The number of carbonyl (C=O) groups is 1. The number of hydrogen-bond donors (Lipinski definition) is 0. The third kappa shape index (κ3) is 1.64. The molecule has 2 heterocycles. The molecule has 2 aliphatic heterocycles. The molecule has 1 amide bonds. The van der Waals surface area contributed by atoms with Crippen LogP contribution in [-0.2, 0) is 4.87 Å². The second-order valence-corrected chi connectivity index (χ2v) is 7.16. The quantitative estimate of drug-likeness (QED) is 0.799. The second-order valence-electron chi connectivity index (χ2n) is 5.87. The molecule has 0 aromatic heterocycles. The predicted molar refractivity (Wildman–Crippen MR) is 86.6 cm³/mol. The van der Waals surface area contributed by atoms with E-state index in [1.54, 1.807) is 0 Å². The largest absolute Gasteiger partial charge is 0.315 e. The van der Waals surface area contributed by atoms with Gasteiger partial charge in [-0.2, -0.15) is 0 Å². The summed E-state index contributed by atoms with van der Waals surface area (Å²) < 4.78 is 0. The maximum atomic E-state index is 12.7. The molecule has 0 aliphatic carbocycles. The van der Waals surface area contributed by atoms with E-state index in [1.165, 1.54) is 16.7 Å². The minimum atomic E-state index is -0.315. The number of fused-ring (bicyclic) bond motifs is 3. The molecule has 2 aromatic carbocycles. The standard InChI is InChI=1S/C18H17NOS/c1-12-9-13(2)11-14(10-12)18-16-6-4-3-5-15(16)17(20)19(18)7-8-21-18/h3-6,9-11H,7-8H2,1-2H3/t18-/m1/s1. The number of nitrogens with zero attached hydrogens (tertiary/aromatic N) is 1. The SMILES string of the molecule is Cc1cc(C)cc([C@]23SCCN2C(=O)c2ccccc23)c1. The molecule has 1 fully saturated rings. The minimum absolute atomic E-state index is 0.176. The average Bonchev–Trinajstić information content (AvgIpc) is 2.99. The van der Waals surface area contributed by atoms with Gasteiger partial charge in [0.25, 0.3) is 5.91 Å². The normalized spacial score (nSPS) is 23.3. The first-order valence-corrected chi connectivity index (χ1v) is 8.26. The number of carbonyl (C=O) groups excluding carboxylic acids is 1. The summed E-state index contributed by atoms with van der Waals surface area (Å²) in [4.78, 5) is 14.5. The summed E-state index contributed by atoms with van der Waals surface area (Å²) in [5.41, 5.74) is 5.76. The number of benzene rings is 2. The molecule has 2 aromatic rings. The predicted octanol–water partition coefficient (Wildman–Crippen LogP) is 3.71. The molecule has 3 heteroatoms. The first-order chi connectivity index (χ1) is 10.1. The number of hydrogen-bond acceptors (Lipinski definition) is 2. The highest BCUT2D eigenvalue weighted by Gasteiger charge is 2.54. The van der Waals surface area contributed by atoms with Crippen molar-refractivity contribution in [2.24, 2.45) is 0 Å². The lowest BCUT2D eigenvalue weighted by Gasteiger charge is -2.33. The molecule has 106 valence electrons. The van der Waals surface area contributed by atoms with E-state index in [1.807, 2.05) is 30.0 Å². The summed E-state index contributed by atoms with van der Waals surface area (Å²) in [6.07, 6.45) is 0. The Bertz CT molecular complexity index is 734. The summed E-state index contributed by atoms with van der Waals surface area (Å²) in [6, 6.07) is 14.7. The molecule has 1 saturated heterocycles. The lowest BCUT2D eigenvalue weighted by Crippen LogP contribution is -2.37. The Hall–Kier alpha value is -1.74. The van der Waals surface area contributed by atoms with Crippen molar-refractivity contribution in [1.82, 2.24) is 4.90 Å². The molecule has 4 rings (SSSR count). The highest BCUT2D eigenvalue weighted by Crippen LogP contribution is 2.55. The van der Waals surface area contributed by atoms with Crippen LogP contribution < -0.4 is 0 Å². The number of thioether (sulfide) groups is 1. The van der Waals surface area contributed by atoms with Crippen LogP contribution in [0.3, 0.4) is 0 Å². The molecule has 0 unspecified atom stereocenters. The zero-order chi connectivity index (χ0) is 14.6.